The van der Waals surface area contributed by atoms with E-state index in [2.05, 4.69) is 178 Å². The predicted molar refractivity (Wildman–Crippen MR) is 276 cm³/mol. The summed E-state index contributed by atoms with van der Waals surface area (Å²) in [6.45, 7) is 23.0. The van der Waals surface area contributed by atoms with Crippen LogP contribution in [0.2, 0.25) is 13.1 Å². The van der Waals surface area contributed by atoms with Crippen LogP contribution in [-0.2, 0) is 44.5 Å². The Morgan fingerprint density at radius 2 is 0.823 bits per heavy atom. The molecule has 0 amide bonds. The third-order valence-electron chi connectivity index (χ3n) is 13.6. The molecular formula is C58H76Cl2SiZr. The van der Waals surface area contributed by atoms with Gasteiger partial charge in [-0.25, -0.2) is 0 Å². The second-order valence-corrected chi connectivity index (χ2v) is 26.1. The van der Waals surface area contributed by atoms with Gasteiger partial charge in [-0.2, -0.15) is 12.1 Å². The van der Waals surface area contributed by atoms with Crippen molar-refractivity contribution in [3.8, 4) is 22.3 Å². The van der Waals surface area contributed by atoms with Crippen molar-refractivity contribution < 1.29 is 20.8 Å². The monoisotopic (exact) mass is 960 g/mol. The number of rotatable bonds is 6. The molecule has 6 aromatic rings. The Bertz CT molecular complexity index is 2060. The zero-order valence-corrected chi connectivity index (χ0v) is 45.0. The van der Waals surface area contributed by atoms with E-state index in [9.17, 15) is 0 Å². The molecule has 2 aliphatic rings. The number of halogens is 2. The Morgan fingerprint density at radius 3 is 1.11 bits per heavy atom. The third-order valence-corrected chi connectivity index (χ3v) is 13.6. The van der Waals surface area contributed by atoms with Crippen molar-refractivity contribution >= 4 is 48.1 Å². The molecule has 2 fully saturated rings. The van der Waals surface area contributed by atoms with Crippen LogP contribution < -0.4 is 0 Å². The molecule has 0 saturated heterocycles. The molecule has 0 unspecified atom stereocenters. The van der Waals surface area contributed by atoms with Crippen LogP contribution in [0.15, 0.2) is 109 Å². The van der Waals surface area contributed by atoms with Gasteiger partial charge in [-0.05, 0) is 82.4 Å². The Kier molecular flexibility index (Phi) is 19.1. The summed E-state index contributed by atoms with van der Waals surface area (Å²) >= 11 is -0.826. The van der Waals surface area contributed by atoms with E-state index in [0.29, 0.717) is 10.8 Å². The second-order valence-electron chi connectivity index (χ2n) is 21.4. The first-order valence-corrected chi connectivity index (χ1v) is 32.0. The zero-order chi connectivity index (χ0) is 45.0. The SMILES string of the molecule is CC1(Cc2cc3c(-c4ccc(C(C)(C)C)cc4)cccc3[cH-]2)CCCCCC1.CC1(Cc2cc3c(-c4ccc(C(C)(C)C)cc4)cccc3[cH-]2)CCCCCC1.C[Si]C.[Cl][Zr+2][Cl]. The van der Waals surface area contributed by atoms with Crippen LogP contribution in [0.5, 0.6) is 0 Å². The average Bonchev–Trinajstić information content (AvgIpc) is 3.67. The third kappa shape index (κ3) is 14.4. The van der Waals surface area contributed by atoms with Crippen molar-refractivity contribution in [1.82, 2.24) is 0 Å². The minimum atomic E-state index is -0.826. The van der Waals surface area contributed by atoms with Crippen LogP contribution in [0.4, 0.5) is 0 Å². The van der Waals surface area contributed by atoms with Gasteiger partial charge < -0.3 is 0 Å². The van der Waals surface area contributed by atoms with Crippen LogP contribution in [0, 0.1) is 10.8 Å². The summed E-state index contributed by atoms with van der Waals surface area (Å²) < 4.78 is 0. The molecule has 0 spiro atoms. The molecule has 0 aliphatic heterocycles. The van der Waals surface area contributed by atoms with Crippen LogP contribution in [0.1, 0.15) is 155 Å². The fourth-order valence-electron chi connectivity index (χ4n) is 10.1. The van der Waals surface area contributed by atoms with Crippen molar-refractivity contribution in [1.29, 1.82) is 0 Å². The molecular weight excluding hydrogens is 887 g/mol. The van der Waals surface area contributed by atoms with E-state index in [4.69, 9.17) is 17.0 Å². The van der Waals surface area contributed by atoms with E-state index < -0.39 is 20.8 Å². The van der Waals surface area contributed by atoms with Gasteiger partial charge in [0.05, 0.1) is 0 Å². The molecule has 2 saturated carbocycles. The van der Waals surface area contributed by atoms with E-state index in [0.717, 1.165) is 9.52 Å². The van der Waals surface area contributed by atoms with E-state index in [-0.39, 0.29) is 10.8 Å². The van der Waals surface area contributed by atoms with Gasteiger partial charge in [0.1, 0.15) is 0 Å². The summed E-state index contributed by atoms with van der Waals surface area (Å²) in [5.41, 5.74) is 12.6. The molecule has 62 heavy (non-hydrogen) atoms. The van der Waals surface area contributed by atoms with E-state index in [1.807, 2.05) is 0 Å². The average molecular weight is 963 g/mol. The van der Waals surface area contributed by atoms with Crippen molar-refractivity contribution in [2.45, 2.75) is 169 Å². The molecule has 0 nitrogen and oxygen atoms in total. The molecule has 4 heteroatoms. The maximum atomic E-state index is 4.93. The molecule has 0 N–H and O–H groups in total. The molecule has 330 valence electrons. The maximum absolute atomic E-state index is 4.93. The number of benzene rings is 4. The molecule has 8 rings (SSSR count). The quantitative estimate of drug-likeness (QED) is 0.0886. The van der Waals surface area contributed by atoms with Gasteiger partial charge in [-0.3, -0.25) is 0 Å². The molecule has 2 radical (unpaired) electrons. The number of hydrogen-bond donors (Lipinski definition) is 0. The Morgan fingerprint density at radius 1 is 0.516 bits per heavy atom. The van der Waals surface area contributed by atoms with Gasteiger partial charge in [-0.1, -0.05) is 192 Å². The first-order valence-electron chi connectivity index (χ1n) is 23.6. The minimum absolute atomic E-state index is 0.201. The van der Waals surface area contributed by atoms with Crippen LogP contribution in [-0.4, -0.2) is 9.52 Å². The summed E-state index contributed by atoms with van der Waals surface area (Å²) in [6.07, 6.45) is 19.3. The molecule has 0 heterocycles. The van der Waals surface area contributed by atoms with Gasteiger partial charge in [-0.15, -0.1) is 69.1 Å². The standard InChI is InChI=1S/2C28H35.C2H6Si.2ClH.Zr/c2*1-27(2,3)24-14-12-22(13-15-24)25-11-9-10-23-18-21(19-26(23)25)20-28(4)16-7-5-6-8-17-28;1-3-2;;;/h2*9-15,18-19H,5-8,16-17,20H2,1-4H3;1-2H3;2*1H;/q2*-1;;;;+4/p-2. The molecule has 0 bridgehead atoms. The second kappa shape index (κ2) is 23.3. The topological polar surface area (TPSA) is 0 Å². The normalized spacial score (nSPS) is 16.3. The molecule has 0 atom stereocenters. The van der Waals surface area contributed by atoms with Gasteiger partial charge >= 0.3 is 37.9 Å². The van der Waals surface area contributed by atoms with Crippen molar-refractivity contribution in [3.63, 3.8) is 0 Å². The first-order chi connectivity index (χ1) is 29.5. The van der Waals surface area contributed by atoms with Gasteiger partial charge in [0, 0.05) is 9.52 Å². The molecule has 2 aliphatic carbocycles. The Hall–Kier alpha value is -2.22. The van der Waals surface area contributed by atoms with E-state index in [1.54, 1.807) is 0 Å². The molecule has 0 aromatic heterocycles. The van der Waals surface area contributed by atoms with Gasteiger partial charge in [0.15, 0.2) is 0 Å². The summed E-state index contributed by atoms with van der Waals surface area (Å²) in [5, 5.41) is 5.62. The summed E-state index contributed by atoms with van der Waals surface area (Å²) in [5.74, 6) is 0. The van der Waals surface area contributed by atoms with Gasteiger partial charge in [0.25, 0.3) is 0 Å². The molecule has 6 aromatic carbocycles. The Labute approximate surface area is 399 Å². The zero-order valence-electron chi connectivity index (χ0n) is 40.0. The number of hydrogen-bond acceptors (Lipinski definition) is 0. The summed E-state index contributed by atoms with van der Waals surface area (Å²) in [6, 6.07) is 41.8. The first kappa shape index (κ1) is 50.8. The van der Waals surface area contributed by atoms with Crippen LogP contribution >= 0.6 is 17.0 Å². The van der Waals surface area contributed by atoms with Crippen molar-refractivity contribution in [2.24, 2.45) is 10.8 Å². The fraction of sp³-hybridized carbons (Fsp3) is 0.483. The fourth-order valence-corrected chi connectivity index (χ4v) is 10.1. The van der Waals surface area contributed by atoms with Crippen molar-refractivity contribution in [3.05, 3.63) is 131 Å². The van der Waals surface area contributed by atoms with Crippen LogP contribution in [0.25, 0.3) is 43.8 Å². The summed E-state index contributed by atoms with van der Waals surface area (Å²) in [4.78, 5) is 0. The summed E-state index contributed by atoms with van der Waals surface area (Å²) in [7, 11) is 11.0. The van der Waals surface area contributed by atoms with E-state index >= 15 is 0 Å². The Balaban J connectivity index is 0.000000208. The number of fused-ring (bicyclic) bond motifs is 2. The predicted octanol–water partition coefficient (Wildman–Crippen LogP) is 19.0. The van der Waals surface area contributed by atoms with E-state index in [1.165, 1.54) is 156 Å². The van der Waals surface area contributed by atoms with Gasteiger partial charge in [0.2, 0.25) is 0 Å². The van der Waals surface area contributed by atoms with Crippen LogP contribution in [0.3, 0.4) is 0 Å². The van der Waals surface area contributed by atoms with Crippen molar-refractivity contribution in [2.75, 3.05) is 0 Å².